The van der Waals surface area contributed by atoms with E-state index in [0.717, 1.165) is 13.0 Å². The molecule has 2 aromatic rings. The normalized spacial score (nSPS) is 34.6. The van der Waals surface area contributed by atoms with Crippen LogP contribution in [0.2, 0.25) is 0 Å². The number of phenolic OH excluding ortho intramolecular Hbond substituents is 4. The van der Waals surface area contributed by atoms with E-state index in [-0.39, 0.29) is 28.6 Å². The number of phenols is 4. The number of rotatable bonds is 7. The molecule has 11 atom stereocenters. The first-order chi connectivity index (χ1) is 21.2. The van der Waals surface area contributed by atoms with Crippen LogP contribution in [-0.4, -0.2) is 125 Å². The maximum absolute atomic E-state index is 11.4. The summed E-state index contributed by atoms with van der Waals surface area (Å²) in [6.07, 6.45) is -14.9. The standard InChI is InChI=1S/C29H34O16/c1-10-26(42-11(2)30)23(37)25(39)28(41-10)40-9-20-21(35)22(36)24(38)29(45-20)44-19-8-14-16(33)6-13(31)7-18(14)43-27(19)12-3-4-15(32)17(34)5-12/h3-8,10,20-29,31-39H,9H2,1-2H3/p+1. The number of esters is 1. The van der Waals surface area contributed by atoms with Crippen LogP contribution in [0.3, 0.4) is 0 Å². The van der Waals surface area contributed by atoms with Crippen molar-refractivity contribution >= 4 is 12.0 Å². The zero-order valence-corrected chi connectivity index (χ0v) is 23.9. The first-order valence-corrected chi connectivity index (χ1v) is 13.9. The van der Waals surface area contributed by atoms with Crippen LogP contribution in [0.25, 0.3) is 6.08 Å². The van der Waals surface area contributed by atoms with Gasteiger partial charge in [0.05, 0.1) is 24.3 Å². The van der Waals surface area contributed by atoms with Gasteiger partial charge in [0, 0.05) is 19.1 Å². The average Bonchev–Trinajstić information content (AvgIpc) is 2.98. The van der Waals surface area contributed by atoms with Crippen LogP contribution in [0.1, 0.15) is 31.1 Å². The molecule has 0 bridgehead atoms. The van der Waals surface area contributed by atoms with E-state index in [1.165, 1.54) is 37.3 Å². The summed E-state index contributed by atoms with van der Waals surface area (Å²) in [5.41, 5.74) is 0.426. The Hall–Kier alpha value is -3.87. The van der Waals surface area contributed by atoms with Crippen LogP contribution >= 0.6 is 0 Å². The van der Waals surface area contributed by atoms with Crippen molar-refractivity contribution in [2.24, 2.45) is 0 Å². The highest BCUT2D eigenvalue weighted by Gasteiger charge is 2.49. The van der Waals surface area contributed by atoms with E-state index >= 15 is 0 Å². The molecule has 0 aliphatic carbocycles. The molecule has 2 saturated heterocycles. The minimum Gasteiger partial charge on any atom is -0.571 e. The van der Waals surface area contributed by atoms with Crippen LogP contribution in [0.15, 0.2) is 36.1 Å². The summed E-state index contributed by atoms with van der Waals surface area (Å²) in [5.74, 6) is -2.10. The van der Waals surface area contributed by atoms with Crippen LogP contribution in [0.4, 0.5) is 0 Å². The summed E-state index contributed by atoms with van der Waals surface area (Å²) in [6, 6.07) is 6.20. The predicted octanol–water partition coefficient (Wildman–Crippen LogP) is -0.915. The second-order valence-electron chi connectivity index (χ2n) is 11.0. The second-order valence-corrected chi connectivity index (χ2v) is 11.0. The zero-order valence-electron chi connectivity index (χ0n) is 23.9. The van der Waals surface area contributed by atoms with E-state index in [1.54, 1.807) is 0 Å². The molecule has 0 spiro atoms. The number of ether oxygens (including phenoxy) is 6. The maximum Gasteiger partial charge on any atom is 0.303 e. The van der Waals surface area contributed by atoms with Gasteiger partial charge < -0.3 is 74.4 Å². The Labute approximate surface area is 255 Å². The Morgan fingerprint density at radius 3 is 2.24 bits per heavy atom. The molecule has 5 rings (SSSR count). The maximum atomic E-state index is 11.4. The lowest BCUT2D eigenvalue weighted by molar-refractivity contribution is -0.325. The zero-order chi connectivity index (χ0) is 32.7. The fourth-order valence-electron chi connectivity index (χ4n) is 5.31. The van der Waals surface area contributed by atoms with Crippen molar-refractivity contribution in [1.82, 2.24) is 0 Å². The Bertz CT molecular complexity index is 1430. The molecule has 3 aliphatic rings. The molecule has 0 saturated carbocycles. The quantitative estimate of drug-likeness (QED) is 0.101. The predicted molar refractivity (Wildman–Crippen MR) is 148 cm³/mol. The van der Waals surface area contributed by atoms with Crippen molar-refractivity contribution in [2.75, 3.05) is 6.61 Å². The van der Waals surface area contributed by atoms with Crippen molar-refractivity contribution in [1.29, 1.82) is 0 Å². The Balaban J connectivity index is 1.36. The van der Waals surface area contributed by atoms with Gasteiger partial charge in [-0.05, 0) is 25.1 Å². The van der Waals surface area contributed by atoms with E-state index in [1.807, 2.05) is 0 Å². The Kier molecular flexibility index (Phi) is 9.29. The lowest BCUT2D eigenvalue weighted by atomic mass is 9.98. The fraction of sp³-hybridized carbons (Fsp3) is 0.483. The van der Waals surface area contributed by atoms with Crippen molar-refractivity contribution in [3.05, 3.63) is 47.2 Å². The van der Waals surface area contributed by atoms with Gasteiger partial charge in [-0.3, -0.25) is 4.79 Å². The van der Waals surface area contributed by atoms with E-state index in [0.29, 0.717) is 5.56 Å². The molecular formula is C29H35O16+. The Morgan fingerprint density at radius 1 is 0.844 bits per heavy atom. The van der Waals surface area contributed by atoms with Gasteiger partial charge in [-0.15, -0.1) is 0 Å². The first-order valence-electron chi connectivity index (χ1n) is 13.9. The van der Waals surface area contributed by atoms with Crippen molar-refractivity contribution in [3.8, 4) is 28.7 Å². The highest BCUT2D eigenvalue weighted by molar-refractivity contribution is 5.69. The van der Waals surface area contributed by atoms with Crippen molar-refractivity contribution < 1.29 is 79.2 Å². The number of carbonyl (C=O) groups is 1. The molecule has 11 unspecified atom stereocenters. The van der Waals surface area contributed by atoms with E-state index in [2.05, 4.69) is 4.74 Å². The molecule has 10 N–H and O–H groups in total. The minimum absolute atomic E-state index is 0.0552. The summed E-state index contributed by atoms with van der Waals surface area (Å²) in [5, 5.41) is 93.2. The SMILES string of the molecule is CC(=O)OC1C(C)OC(OCC2OC(OC3=Cc4c(O)cc(O)cc4[OH+]C3c3ccc(O)c(O)c3)C(O)C(O)C2O)C(O)C1O. The molecule has 0 amide bonds. The summed E-state index contributed by atoms with van der Waals surface area (Å²) >= 11 is 0. The summed E-state index contributed by atoms with van der Waals surface area (Å²) in [4.78, 5) is 11.4. The van der Waals surface area contributed by atoms with Crippen LogP contribution < -0.4 is 0 Å². The van der Waals surface area contributed by atoms with Crippen LogP contribution in [0.5, 0.6) is 28.7 Å². The number of aromatic hydroxyl groups is 5. The van der Waals surface area contributed by atoms with Gasteiger partial charge in [0.15, 0.2) is 29.7 Å². The molecule has 3 heterocycles. The van der Waals surface area contributed by atoms with Gasteiger partial charge in [-0.2, -0.15) is 0 Å². The second kappa shape index (κ2) is 12.9. The van der Waals surface area contributed by atoms with Gasteiger partial charge in [-0.25, -0.2) is 0 Å². The topological polar surface area (TPSA) is 258 Å². The number of aliphatic hydroxyl groups excluding tert-OH is 5. The average molecular weight is 640 g/mol. The smallest absolute Gasteiger partial charge is 0.303 e. The third-order valence-electron chi connectivity index (χ3n) is 7.68. The van der Waals surface area contributed by atoms with Gasteiger partial charge in [-0.1, -0.05) is 0 Å². The third kappa shape index (κ3) is 6.58. The van der Waals surface area contributed by atoms with Gasteiger partial charge in [0.2, 0.25) is 6.29 Å². The molecule has 0 radical (unpaired) electrons. The van der Waals surface area contributed by atoms with E-state index in [4.69, 9.17) is 23.7 Å². The monoisotopic (exact) mass is 639 g/mol. The molecular weight excluding hydrogens is 604 g/mol. The Morgan fingerprint density at radius 2 is 1.56 bits per heavy atom. The number of benzene rings is 2. The number of hydrogen-bond acceptors (Lipinski definition) is 15. The minimum atomic E-state index is -1.82. The number of aliphatic hydroxyl groups is 6. The number of hydrogen-bond donors (Lipinski definition) is 9. The van der Waals surface area contributed by atoms with Crippen molar-refractivity contribution in [2.45, 2.75) is 81.4 Å². The van der Waals surface area contributed by atoms with Crippen LogP contribution in [-0.2, 0) is 28.5 Å². The van der Waals surface area contributed by atoms with Gasteiger partial charge >= 0.3 is 5.97 Å². The van der Waals surface area contributed by atoms with Gasteiger partial charge in [0.25, 0.3) is 11.9 Å². The number of fused-ring (bicyclic) bond motifs is 1. The lowest BCUT2D eigenvalue weighted by Crippen LogP contribution is -2.61. The van der Waals surface area contributed by atoms with Crippen molar-refractivity contribution in [3.63, 3.8) is 0 Å². The van der Waals surface area contributed by atoms with Crippen LogP contribution in [0, 0.1) is 0 Å². The molecule has 246 valence electrons. The molecule has 3 aliphatic heterocycles. The molecule has 2 aromatic carbocycles. The number of carbonyl (C=O) groups excluding carboxylic acids is 1. The van der Waals surface area contributed by atoms with E-state index in [9.17, 15) is 50.8 Å². The molecule has 0 aromatic heterocycles. The molecule has 45 heavy (non-hydrogen) atoms. The first kappa shape index (κ1) is 32.5. The highest BCUT2D eigenvalue weighted by atomic mass is 16.7. The molecule has 16 nitrogen and oxygen atoms in total. The lowest BCUT2D eigenvalue weighted by Gasteiger charge is -2.43. The van der Waals surface area contributed by atoms with E-state index < -0.39 is 91.6 Å². The molecule has 16 heteroatoms. The summed E-state index contributed by atoms with van der Waals surface area (Å²) < 4.78 is 32.3. The van der Waals surface area contributed by atoms with Gasteiger partial charge in [0.1, 0.15) is 53.7 Å². The highest BCUT2D eigenvalue weighted by Crippen LogP contribution is 2.46. The molecule has 2 fully saturated rings. The largest absolute Gasteiger partial charge is 0.571 e. The summed E-state index contributed by atoms with van der Waals surface area (Å²) in [7, 11) is 0. The fourth-order valence-corrected chi connectivity index (χ4v) is 5.31. The third-order valence-corrected chi connectivity index (χ3v) is 7.68. The summed E-state index contributed by atoms with van der Waals surface area (Å²) in [6.45, 7) is 2.08.